The molecule has 0 aliphatic heterocycles. The Morgan fingerprint density at radius 1 is 0.974 bits per heavy atom. The van der Waals surface area contributed by atoms with Gasteiger partial charge in [-0.2, -0.15) is 18.3 Å². The Morgan fingerprint density at radius 3 is 2.05 bits per heavy atom. The molecule has 1 radical (unpaired) electrons. The van der Waals surface area contributed by atoms with E-state index >= 15 is 0 Å². The van der Waals surface area contributed by atoms with Gasteiger partial charge in [-0.15, -0.1) is 6.54 Å². The molecule has 0 aliphatic rings. The maximum Gasteiger partial charge on any atom is 0.387 e. The van der Waals surface area contributed by atoms with E-state index in [4.69, 9.17) is 5.73 Å². The number of H-pyrrole nitrogens is 1. The Bertz CT molecular complexity index is 1130. The topological polar surface area (TPSA) is 89.7 Å². The average molecular weight is 610 g/mol. The van der Waals surface area contributed by atoms with E-state index in [1.807, 2.05) is 76.8 Å². The van der Waals surface area contributed by atoms with Crippen molar-refractivity contribution >= 4 is 16.6 Å². The van der Waals surface area contributed by atoms with Crippen LogP contribution in [0.3, 0.4) is 0 Å². The SMILES string of the molecule is CC.CC.CC.CCc1ccc(-n2cc(-c3ccc4[nH]cc(NO)c4c3)cn2)cc1.[NH-]CCC(F)(F)F.[Y]. The Hall–Kier alpha value is -2.20. The van der Waals surface area contributed by atoms with E-state index in [1.165, 1.54) is 5.56 Å². The van der Waals surface area contributed by atoms with Gasteiger partial charge < -0.3 is 10.7 Å². The summed E-state index contributed by atoms with van der Waals surface area (Å²) in [6.07, 6.45) is 1.51. The van der Waals surface area contributed by atoms with Crippen LogP contribution >= 0.6 is 0 Å². The molecule has 0 fully saturated rings. The van der Waals surface area contributed by atoms with Crippen LogP contribution in [-0.4, -0.2) is 32.7 Å². The smallest absolute Gasteiger partial charge is 0.387 e. The first-order valence-electron chi connectivity index (χ1n) is 12.7. The van der Waals surface area contributed by atoms with Crippen molar-refractivity contribution in [1.29, 1.82) is 0 Å². The van der Waals surface area contributed by atoms with Crippen molar-refractivity contribution in [2.24, 2.45) is 0 Å². The fourth-order valence-electron chi connectivity index (χ4n) is 3.03. The van der Waals surface area contributed by atoms with Gasteiger partial charge >= 0.3 is 6.18 Å². The van der Waals surface area contributed by atoms with Gasteiger partial charge in [0.1, 0.15) is 0 Å². The molecule has 2 aromatic carbocycles. The number of fused-ring (bicyclic) bond motifs is 1. The number of alkyl halides is 3. The van der Waals surface area contributed by atoms with Crippen LogP contribution in [0.5, 0.6) is 0 Å². The molecule has 4 rings (SSSR count). The molecule has 2 heterocycles. The molecule has 0 amide bonds. The second kappa shape index (κ2) is 20.7. The molecule has 0 saturated heterocycles. The van der Waals surface area contributed by atoms with E-state index in [-0.39, 0.29) is 32.7 Å². The predicted octanol–water partition coefficient (Wildman–Crippen LogP) is 9.45. The molecule has 209 valence electrons. The molecule has 6 nitrogen and oxygen atoms in total. The molecule has 0 aliphatic carbocycles. The van der Waals surface area contributed by atoms with Crippen molar-refractivity contribution in [1.82, 2.24) is 14.8 Å². The van der Waals surface area contributed by atoms with E-state index < -0.39 is 19.1 Å². The molecular weight excluding hydrogens is 568 g/mol. The number of nitrogens with zero attached hydrogens (tertiary/aromatic N) is 2. The molecule has 0 spiro atoms. The van der Waals surface area contributed by atoms with E-state index in [0.29, 0.717) is 5.69 Å². The first kappa shape index (κ1) is 38.0. The number of halogens is 3. The summed E-state index contributed by atoms with van der Waals surface area (Å²) >= 11 is 0. The zero-order chi connectivity index (χ0) is 28.4. The summed E-state index contributed by atoms with van der Waals surface area (Å²) < 4.78 is 34.7. The van der Waals surface area contributed by atoms with Crippen LogP contribution < -0.4 is 5.48 Å². The van der Waals surface area contributed by atoms with Crippen LogP contribution in [0.2, 0.25) is 0 Å². The van der Waals surface area contributed by atoms with E-state index in [9.17, 15) is 18.4 Å². The Labute approximate surface area is 250 Å². The van der Waals surface area contributed by atoms with Crippen molar-refractivity contribution in [3.05, 3.63) is 72.4 Å². The van der Waals surface area contributed by atoms with Gasteiger partial charge in [0.15, 0.2) is 0 Å². The fourth-order valence-corrected chi connectivity index (χ4v) is 3.03. The fraction of sp³-hybridized carbons (Fsp3) is 0.393. The summed E-state index contributed by atoms with van der Waals surface area (Å²) in [5.41, 5.74) is 14.4. The van der Waals surface area contributed by atoms with Crippen molar-refractivity contribution in [2.45, 2.75) is 67.5 Å². The first-order chi connectivity index (χ1) is 17.8. The van der Waals surface area contributed by atoms with Crippen LogP contribution in [-0.2, 0) is 39.1 Å². The first-order valence-corrected chi connectivity index (χ1v) is 12.7. The van der Waals surface area contributed by atoms with Crippen molar-refractivity contribution < 1.29 is 51.1 Å². The minimum absolute atomic E-state index is 0. The van der Waals surface area contributed by atoms with Gasteiger partial charge in [0.05, 0.1) is 17.6 Å². The summed E-state index contributed by atoms with van der Waals surface area (Å²) in [4.78, 5) is 3.12. The molecule has 38 heavy (non-hydrogen) atoms. The van der Waals surface area contributed by atoms with Crippen LogP contribution in [0.25, 0.3) is 33.5 Å². The molecule has 0 atom stereocenters. The van der Waals surface area contributed by atoms with E-state index in [2.05, 4.69) is 46.8 Å². The molecule has 0 bridgehead atoms. The van der Waals surface area contributed by atoms with Gasteiger partial charge in [-0.3, -0.25) is 10.7 Å². The number of hydrogen-bond donors (Lipinski definition) is 3. The second-order valence-electron chi connectivity index (χ2n) is 6.88. The number of aryl methyl sites for hydroxylation is 1. The molecule has 0 unspecified atom stereocenters. The number of benzene rings is 2. The summed E-state index contributed by atoms with van der Waals surface area (Å²) in [6, 6.07) is 14.5. The summed E-state index contributed by atoms with van der Waals surface area (Å²) in [6.45, 7) is 13.6. The summed E-state index contributed by atoms with van der Waals surface area (Å²) in [5.74, 6) is 0. The third kappa shape index (κ3) is 12.1. The molecule has 4 aromatic rings. The van der Waals surface area contributed by atoms with Crippen molar-refractivity contribution in [3.63, 3.8) is 0 Å². The van der Waals surface area contributed by atoms with Gasteiger partial charge in [-0.25, -0.2) is 4.68 Å². The number of nitrogens with one attached hydrogen (secondary N) is 3. The number of aromatic amines is 1. The third-order valence-electron chi connectivity index (χ3n) is 4.74. The van der Waals surface area contributed by atoms with Gasteiger partial charge in [0, 0.05) is 68.0 Å². The molecule has 0 saturated carbocycles. The maximum atomic E-state index is 10.9. The average Bonchev–Trinajstić information content (AvgIpc) is 3.59. The minimum atomic E-state index is -4.14. The van der Waals surface area contributed by atoms with Gasteiger partial charge in [-0.05, 0) is 41.8 Å². The number of rotatable bonds is 5. The van der Waals surface area contributed by atoms with E-state index in [1.54, 1.807) is 6.20 Å². The Balaban J connectivity index is 0. The van der Waals surface area contributed by atoms with Crippen molar-refractivity contribution in [3.8, 4) is 16.8 Å². The standard InChI is InChI=1S/C19H18N4O.C3H5F3N.3C2H6.Y/c1-2-13-3-6-16(7-4-13)23-12-15(10-21-23)14-5-8-18-17(9-14)19(22-24)11-20-18;4-3(5,6)1-2-7;3*1-2;/h3-12,20,22,24H,2H2,1H3;7H,1-2H2;3*1-2H3;/q;-1;;;;. The molecule has 10 heteroatoms. The molecule has 2 aromatic heterocycles. The van der Waals surface area contributed by atoms with Crippen LogP contribution in [0.1, 0.15) is 60.5 Å². The summed E-state index contributed by atoms with van der Waals surface area (Å²) in [5, 5.41) is 14.6. The zero-order valence-corrected chi connectivity index (χ0v) is 26.3. The minimum Gasteiger partial charge on any atom is -0.677 e. The van der Waals surface area contributed by atoms with Crippen LogP contribution in [0.4, 0.5) is 18.9 Å². The quantitative estimate of drug-likeness (QED) is 0.197. The third-order valence-corrected chi connectivity index (χ3v) is 4.74. The zero-order valence-electron chi connectivity index (χ0n) is 23.4. The second-order valence-corrected chi connectivity index (χ2v) is 6.88. The van der Waals surface area contributed by atoms with Crippen LogP contribution in [0, 0.1) is 0 Å². The predicted molar refractivity (Wildman–Crippen MR) is 150 cm³/mol. The Morgan fingerprint density at radius 2 is 1.58 bits per heavy atom. The van der Waals surface area contributed by atoms with Gasteiger partial charge in [-0.1, -0.05) is 66.7 Å². The van der Waals surface area contributed by atoms with Gasteiger partial charge in [0.25, 0.3) is 0 Å². The van der Waals surface area contributed by atoms with Crippen molar-refractivity contribution in [2.75, 3.05) is 12.0 Å². The summed E-state index contributed by atoms with van der Waals surface area (Å²) in [7, 11) is 0. The Kier molecular flexibility index (Phi) is 20.7. The molecular formula is C28H41F3N5OY-. The maximum absolute atomic E-state index is 10.9. The van der Waals surface area contributed by atoms with Gasteiger partial charge in [0.2, 0.25) is 0 Å². The number of aromatic nitrogens is 3. The monoisotopic (exact) mass is 609 g/mol. The van der Waals surface area contributed by atoms with E-state index in [0.717, 1.165) is 34.1 Å². The molecule has 4 N–H and O–H groups in total. The van der Waals surface area contributed by atoms with Crippen LogP contribution in [0.15, 0.2) is 61.1 Å². The number of hydrogen-bond acceptors (Lipinski definition) is 3. The number of anilines is 1. The largest absolute Gasteiger partial charge is 0.677 e. The normalized spacial score (nSPS) is 9.68.